The number of esters is 1. The summed E-state index contributed by atoms with van der Waals surface area (Å²) in [5, 5.41) is 2.23. The number of nitrogens with zero attached hydrogens (tertiary/aromatic N) is 1. The summed E-state index contributed by atoms with van der Waals surface area (Å²) in [7, 11) is 0. The number of hydrogen-bond donors (Lipinski definition) is 1. The van der Waals surface area contributed by atoms with Crippen LogP contribution in [0.5, 0.6) is 5.75 Å². The van der Waals surface area contributed by atoms with Crippen LogP contribution in [-0.4, -0.2) is 47.7 Å². The second-order valence-corrected chi connectivity index (χ2v) is 11.1. The van der Waals surface area contributed by atoms with Crippen LogP contribution in [0.4, 0.5) is 10.5 Å². The van der Waals surface area contributed by atoms with Gasteiger partial charge >= 0.3 is 5.97 Å². The summed E-state index contributed by atoms with van der Waals surface area (Å²) < 4.78 is 11.7. The summed E-state index contributed by atoms with van der Waals surface area (Å²) in [4.78, 5) is 51.4. The Bertz CT molecular complexity index is 1270. The molecular formula is C27H28BrClN2O6S. The van der Waals surface area contributed by atoms with E-state index in [2.05, 4.69) is 35.1 Å². The molecule has 3 amide bonds. The van der Waals surface area contributed by atoms with E-state index in [1.807, 2.05) is 6.92 Å². The Kier molecular flexibility index (Phi) is 10.8. The molecule has 3 rings (SSSR count). The van der Waals surface area contributed by atoms with Crippen molar-refractivity contribution in [2.24, 2.45) is 5.92 Å². The van der Waals surface area contributed by atoms with Crippen LogP contribution in [-0.2, 0) is 14.3 Å². The van der Waals surface area contributed by atoms with Crippen molar-refractivity contribution in [3.63, 3.8) is 0 Å². The van der Waals surface area contributed by atoms with Crippen LogP contribution in [0.25, 0.3) is 6.08 Å². The minimum atomic E-state index is -0.601. The van der Waals surface area contributed by atoms with Crippen molar-refractivity contribution < 1.29 is 28.7 Å². The normalized spacial score (nSPS) is 14.4. The second-order valence-electron chi connectivity index (χ2n) is 8.89. The van der Waals surface area contributed by atoms with Crippen molar-refractivity contribution in [2.75, 3.05) is 25.1 Å². The van der Waals surface area contributed by atoms with Crippen LogP contribution >= 0.6 is 39.3 Å². The number of unbranched alkanes of at least 4 members (excludes halogenated alkanes) is 1. The van der Waals surface area contributed by atoms with Crippen LogP contribution in [0.3, 0.4) is 0 Å². The molecule has 0 aromatic heterocycles. The fourth-order valence-corrected chi connectivity index (χ4v) is 4.80. The number of anilines is 1. The fraction of sp³-hybridized carbons (Fsp3) is 0.333. The molecule has 0 bridgehead atoms. The Morgan fingerprint density at radius 3 is 2.63 bits per heavy atom. The lowest BCUT2D eigenvalue weighted by molar-refractivity contribution is -0.127. The summed E-state index contributed by atoms with van der Waals surface area (Å²) in [5.41, 5.74) is 1.10. The number of ether oxygens (including phenoxy) is 2. The molecule has 1 aliphatic rings. The van der Waals surface area contributed by atoms with Crippen LogP contribution in [0, 0.1) is 5.92 Å². The molecule has 1 aliphatic heterocycles. The molecule has 2 aromatic carbocycles. The zero-order valence-corrected chi connectivity index (χ0v) is 24.4. The molecule has 1 fully saturated rings. The Labute approximate surface area is 239 Å². The Morgan fingerprint density at radius 2 is 1.95 bits per heavy atom. The monoisotopic (exact) mass is 622 g/mol. The molecule has 0 saturated carbocycles. The first-order valence-electron chi connectivity index (χ1n) is 12.0. The second kappa shape index (κ2) is 13.8. The molecule has 0 spiro atoms. The summed E-state index contributed by atoms with van der Waals surface area (Å²) in [5.74, 6) is -0.709. The van der Waals surface area contributed by atoms with Crippen molar-refractivity contribution >= 4 is 74.1 Å². The standard InChI is InChI=1S/C27H28BrClN2O6S/c1-4-5-10-36-26(34)19-13-18(7-8-21(19)29)30-24(32)14-31-25(33)23(38-27(31)35)12-17-6-9-22(20(28)11-17)37-15-16(2)3/h6-9,11-13,16H,4-5,10,14-15H2,1-3H3,(H,30,32)/b23-12+. The fourth-order valence-electron chi connectivity index (χ4n) is 3.26. The summed E-state index contributed by atoms with van der Waals surface area (Å²) >= 11 is 10.3. The SMILES string of the molecule is CCCCOC(=O)c1cc(NC(=O)CN2C(=O)S/C(=C/c3ccc(OCC(C)C)c(Br)c3)C2=O)ccc1Cl. The van der Waals surface area contributed by atoms with Gasteiger partial charge in [-0.25, -0.2) is 4.79 Å². The Hall–Kier alpha value is -2.82. The molecule has 1 heterocycles. The zero-order chi connectivity index (χ0) is 27.8. The van der Waals surface area contributed by atoms with Gasteiger partial charge in [0.1, 0.15) is 12.3 Å². The largest absolute Gasteiger partial charge is 0.492 e. The first kappa shape index (κ1) is 29.7. The lowest BCUT2D eigenvalue weighted by Crippen LogP contribution is -2.36. The zero-order valence-electron chi connectivity index (χ0n) is 21.2. The van der Waals surface area contributed by atoms with Crippen molar-refractivity contribution in [1.82, 2.24) is 4.90 Å². The van der Waals surface area contributed by atoms with E-state index in [1.165, 1.54) is 18.2 Å². The lowest BCUT2D eigenvalue weighted by atomic mass is 10.2. The van der Waals surface area contributed by atoms with Crippen molar-refractivity contribution in [2.45, 2.75) is 33.6 Å². The molecule has 11 heteroatoms. The number of imide groups is 1. The lowest BCUT2D eigenvalue weighted by Gasteiger charge is -2.13. The summed E-state index contributed by atoms with van der Waals surface area (Å²) in [6.45, 7) is 6.44. The molecule has 0 atom stereocenters. The molecule has 38 heavy (non-hydrogen) atoms. The maximum absolute atomic E-state index is 12.9. The molecule has 202 valence electrons. The van der Waals surface area contributed by atoms with Crippen LogP contribution < -0.4 is 10.1 Å². The molecule has 0 radical (unpaired) electrons. The van der Waals surface area contributed by atoms with Gasteiger partial charge in [0.15, 0.2) is 0 Å². The molecule has 0 aliphatic carbocycles. The van der Waals surface area contributed by atoms with Gasteiger partial charge in [-0.1, -0.05) is 44.9 Å². The topological polar surface area (TPSA) is 102 Å². The average Bonchev–Trinajstić information content (AvgIpc) is 3.11. The quantitative estimate of drug-likeness (QED) is 0.167. The highest BCUT2D eigenvalue weighted by Gasteiger charge is 2.36. The molecular weight excluding hydrogens is 596 g/mol. The molecule has 0 unspecified atom stereocenters. The van der Waals surface area contributed by atoms with Gasteiger partial charge in [-0.2, -0.15) is 0 Å². The highest BCUT2D eigenvalue weighted by atomic mass is 79.9. The number of nitrogens with one attached hydrogen (secondary N) is 1. The third-order valence-electron chi connectivity index (χ3n) is 5.20. The van der Waals surface area contributed by atoms with Crippen LogP contribution in [0.2, 0.25) is 5.02 Å². The first-order chi connectivity index (χ1) is 18.1. The smallest absolute Gasteiger partial charge is 0.339 e. The number of carbonyl (C=O) groups is 4. The maximum atomic E-state index is 12.9. The summed E-state index contributed by atoms with van der Waals surface area (Å²) in [6.07, 6.45) is 3.19. The van der Waals surface area contributed by atoms with Crippen molar-refractivity contribution in [3.8, 4) is 5.75 Å². The minimum Gasteiger partial charge on any atom is -0.492 e. The number of halogens is 2. The van der Waals surface area contributed by atoms with Crippen molar-refractivity contribution in [3.05, 3.63) is 61.9 Å². The van der Waals surface area contributed by atoms with Gasteiger partial charge in [0.25, 0.3) is 11.1 Å². The highest BCUT2D eigenvalue weighted by Crippen LogP contribution is 2.34. The van der Waals surface area contributed by atoms with Crippen molar-refractivity contribution in [1.29, 1.82) is 0 Å². The van der Waals surface area contributed by atoms with Gasteiger partial charge in [-0.05, 0) is 82.0 Å². The molecule has 1 saturated heterocycles. The highest BCUT2D eigenvalue weighted by molar-refractivity contribution is 9.10. The number of hydrogen-bond acceptors (Lipinski definition) is 7. The van der Waals surface area contributed by atoms with Gasteiger partial charge in [-0.3, -0.25) is 19.3 Å². The first-order valence-corrected chi connectivity index (χ1v) is 14.0. The molecule has 2 aromatic rings. The van der Waals surface area contributed by atoms with E-state index in [0.29, 0.717) is 23.8 Å². The third-order valence-corrected chi connectivity index (χ3v) is 7.06. The van der Waals surface area contributed by atoms with E-state index in [4.69, 9.17) is 21.1 Å². The van der Waals surface area contributed by atoms with Gasteiger partial charge in [-0.15, -0.1) is 0 Å². The number of rotatable bonds is 11. The number of amides is 3. The van der Waals surface area contributed by atoms with E-state index in [-0.39, 0.29) is 27.8 Å². The molecule has 1 N–H and O–H groups in total. The predicted molar refractivity (Wildman–Crippen MR) is 152 cm³/mol. The number of thioether (sulfide) groups is 1. The van der Waals surface area contributed by atoms with E-state index >= 15 is 0 Å². The van der Waals surface area contributed by atoms with Crippen LogP contribution in [0.1, 0.15) is 49.5 Å². The van der Waals surface area contributed by atoms with Gasteiger partial charge in [0.2, 0.25) is 5.91 Å². The number of benzene rings is 2. The maximum Gasteiger partial charge on any atom is 0.339 e. The predicted octanol–water partition coefficient (Wildman–Crippen LogP) is 6.77. The average molecular weight is 624 g/mol. The Morgan fingerprint density at radius 1 is 1.18 bits per heavy atom. The third kappa shape index (κ3) is 8.09. The van der Waals surface area contributed by atoms with E-state index in [9.17, 15) is 19.2 Å². The van der Waals surface area contributed by atoms with E-state index < -0.39 is 29.6 Å². The number of carbonyl (C=O) groups excluding carboxylic acids is 4. The van der Waals surface area contributed by atoms with Gasteiger partial charge in [0, 0.05) is 5.69 Å². The van der Waals surface area contributed by atoms with E-state index in [0.717, 1.165) is 34.0 Å². The minimum absolute atomic E-state index is 0.112. The van der Waals surface area contributed by atoms with Gasteiger partial charge < -0.3 is 14.8 Å². The van der Waals surface area contributed by atoms with Crippen LogP contribution in [0.15, 0.2) is 45.8 Å². The molecule has 8 nitrogen and oxygen atoms in total. The van der Waals surface area contributed by atoms with E-state index in [1.54, 1.807) is 24.3 Å². The van der Waals surface area contributed by atoms with Gasteiger partial charge in [0.05, 0.1) is 33.2 Å². The Balaban J connectivity index is 1.64. The summed E-state index contributed by atoms with van der Waals surface area (Å²) in [6, 6.07) is 9.75.